The van der Waals surface area contributed by atoms with Gasteiger partial charge in [0.25, 0.3) is 5.69 Å². The highest BCUT2D eigenvalue weighted by Gasteiger charge is 2.31. The molecule has 7 heteroatoms. The average Bonchev–Trinajstić information content (AvgIpc) is 2.74. The van der Waals surface area contributed by atoms with E-state index in [0.717, 1.165) is 28.1 Å². The second kappa shape index (κ2) is 5.57. The van der Waals surface area contributed by atoms with Crippen LogP contribution >= 0.6 is 11.3 Å². The van der Waals surface area contributed by atoms with Crippen molar-refractivity contribution in [2.24, 2.45) is 0 Å². The lowest BCUT2D eigenvalue weighted by Gasteiger charge is -2.35. The van der Waals surface area contributed by atoms with E-state index in [9.17, 15) is 10.1 Å². The first-order chi connectivity index (χ1) is 10.1. The van der Waals surface area contributed by atoms with Gasteiger partial charge in [0.05, 0.1) is 26.3 Å². The minimum absolute atomic E-state index is 0.117. The maximum Gasteiger partial charge on any atom is 0.293 e. The summed E-state index contributed by atoms with van der Waals surface area (Å²) in [6.45, 7) is 4.59. The number of fused-ring (bicyclic) bond motifs is 1. The Hall–Kier alpha value is -1.73. The minimum atomic E-state index is -0.338. The third kappa shape index (κ3) is 2.84. The Morgan fingerprint density at radius 3 is 2.95 bits per heavy atom. The molecule has 6 nitrogen and oxygen atoms in total. The van der Waals surface area contributed by atoms with Crippen LogP contribution in [0.5, 0.6) is 0 Å². The SMILES string of the molecule is CCOC1CC(Nc2cc3nc(C)sc3cc2[N+](=O)[O-])C1. The number of rotatable bonds is 5. The smallest absolute Gasteiger partial charge is 0.293 e. The van der Waals surface area contributed by atoms with E-state index in [2.05, 4.69) is 10.3 Å². The maximum atomic E-state index is 11.3. The van der Waals surface area contributed by atoms with Crippen molar-refractivity contribution in [2.45, 2.75) is 38.8 Å². The summed E-state index contributed by atoms with van der Waals surface area (Å²) in [5.41, 5.74) is 1.48. The van der Waals surface area contributed by atoms with Crippen molar-refractivity contribution in [3.63, 3.8) is 0 Å². The van der Waals surface area contributed by atoms with Gasteiger partial charge in [-0.05, 0) is 32.8 Å². The molecule has 0 aliphatic heterocycles. The number of aromatic nitrogens is 1. The number of nitro groups is 1. The van der Waals surface area contributed by atoms with Crippen LogP contribution in [0.3, 0.4) is 0 Å². The van der Waals surface area contributed by atoms with Crippen LogP contribution in [0.4, 0.5) is 11.4 Å². The Bertz CT molecular complexity index is 679. The van der Waals surface area contributed by atoms with Gasteiger partial charge in [-0.25, -0.2) is 4.98 Å². The Kier molecular flexibility index (Phi) is 3.77. The molecule has 21 heavy (non-hydrogen) atoms. The molecule has 1 heterocycles. The standard InChI is InChI=1S/C14H17N3O3S/c1-3-20-10-4-9(5-10)16-11-6-12-14(21-8(2)15-12)7-13(11)17(18)19/h6-7,9-10,16H,3-5H2,1-2H3. The lowest BCUT2D eigenvalue weighted by molar-refractivity contribution is -0.383. The normalized spacial score (nSPS) is 21.2. The molecule has 0 spiro atoms. The van der Waals surface area contributed by atoms with Crippen molar-refractivity contribution in [3.05, 3.63) is 27.3 Å². The van der Waals surface area contributed by atoms with Crippen LogP contribution in [-0.2, 0) is 4.74 Å². The van der Waals surface area contributed by atoms with Gasteiger partial charge >= 0.3 is 0 Å². The number of hydrogen-bond donors (Lipinski definition) is 1. The van der Waals surface area contributed by atoms with E-state index in [1.165, 1.54) is 11.3 Å². The van der Waals surface area contributed by atoms with Crippen LogP contribution in [0.1, 0.15) is 24.8 Å². The van der Waals surface area contributed by atoms with Gasteiger partial charge in [0, 0.05) is 18.7 Å². The molecule has 112 valence electrons. The summed E-state index contributed by atoms with van der Waals surface area (Å²) < 4.78 is 6.36. The Morgan fingerprint density at radius 2 is 2.29 bits per heavy atom. The van der Waals surface area contributed by atoms with Crippen LogP contribution < -0.4 is 5.32 Å². The topological polar surface area (TPSA) is 77.3 Å². The first-order valence-electron chi connectivity index (χ1n) is 7.00. The van der Waals surface area contributed by atoms with Crippen LogP contribution in [0.15, 0.2) is 12.1 Å². The average molecular weight is 307 g/mol. The quantitative estimate of drug-likeness (QED) is 0.676. The molecular weight excluding hydrogens is 290 g/mol. The van der Waals surface area contributed by atoms with E-state index < -0.39 is 0 Å². The number of thiazole rings is 1. The molecule has 1 saturated carbocycles. The van der Waals surface area contributed by atoms with Crippen LogP contribution in [0.2, 0.25) is 0 Å². The molecule has 1 aromatic carbocycles. The lowest BCUT2D eigenvalue weighted by Crippen LogP contribution is -2.40. The summed E-state index contributed by atoms with van der Waals surface area (Å²) in [4.78, 5) is 15.3. The largest absolute Gasteiger partial charge is 0.378 e. The van der Waals surface area contributed by atoms with Crippen LogP contribution in [0.25, 0.3) is 10.2 Å². The van der Waals surface area contributed by atoms with Gasteiger partial charge in [-0.1, -0.05) is 0 Å². The minimum Gasteiger partial charge on any atom is -0.378 e. The van der Waals surface area contributed by atoms with E-state index in [0.29, 0.717) is 12.3 Å². The van der Waals surface area contributed by atoms with Crippen molar-refractivity contribution in [1.82, 2.24) is 4.98 Å². The zero-order valence-electron chi connectivity index (χ0n) is 12.0. The fourth-order valence-electron chi connectivity index (χ4n) is 2.62. The molecule has 0 atom stereocenters. The summed E-state index contributed by atoms with van der Waals surface area (Å²) in [5, 5.41) is 15.4. The highest BCUT2D eigenvalue weighted by molar-refractivity contribution is 7.18. The number of ether oxygens (including phenoxy) is 1. The summed E-state index contributed by atoms with van der Waals surface area (Å²) >= 11 is 1.47. The number of aryl methyl sites for hydroxylation is 1. The molecule has 0 amide bonds. The van der Waals surface area contributed by atoms with E-state index in [-0.39, 0.29) is 22.8 Å². The van der Waals surface area contributed by atoms with Crippen molar-refractivity contribution in [2.75, 3.05) is 11.9 Å². The zero-order chi connectivity index (χ0) is 15.0. The monoisotopic (exact) mass is 307 g/mol. The summed E-state index contributed by atoms with van der Waals surface area (Å²) in [5.74, 6) is 0. The molecule has 1 fully saturated rings. The highest BCUT2D eigenvalue weighted by atomic mass is 32.1. The third-order valence-corrected chi connectivity index (χ3v) is 4.60. The molecular formula is C14H17N3O3S. The van der Waals surface area contributed by atoms with Crippen molar-refractivity contribution in [3.8, 4) is 0 Å². The van der Waals surface area contributed by atoms with Crippen LogP contribution in [0, 0.1) is 17.0 Å². The van der Waals surface area contributed by atoms with E-state index in [1.807, 2.05) is 13.8 Å². The van der Waals surface area contributed by atoms with Gasteiger partial charge in [-0.3, -0.25) is 10.1 Å². The predicted octanol–water partition coefficient (Wildman–Crippen LogP) is 3.49. The van der Waals surface area contributed by atoms with Crippen molar-refractivity contribution in [1.29, 1.82) is 0 Å². The molecule has 0 bridgehead atoms. The zero-order valence-corrected chi connectivity index (χ0v) is 12.8. The summed E-state index contributed by atoms with van der Waals surface area (Å²) in [6, 6.07) is 3.63. The number of nitro benzene ring substituents is 1. The van der Waals surface area contributed by atoms with Crippen molar-refractivity contribution < 1.29 is 9.66 Å². The molecule has 1 aliphatic rings. The number of anilines is 1. The Balaban J connectivity index is 1.83. The van der Waals surface area contributed by atoms with Crippen molar-refractivity contribution >= 4 is 32.9 Å². The van der Waals surface area contributed by atoms with E-state index in [4.69, 9.17) is 4.74 Å². The summed E-state index contributed by atoms with van der Waals surface area (Å²) in [7, 11) is 0. The maximum absolute atomic E-state index is 11.3. The van der Waals surface area contributed by atoms with Gasteiger partial charge in [0.15, 0.2) is 0 Å². The number of benzene rings is 1. The first kappa shape index (κ1) is 14.2. The Morgan fingerprint density at radius 1 is 1.52 bits per heavy atom. The second-order valence-corrected chi connectivity index (χ2v) is 6.45. The molecule has 3 rings (SSSR count). The highest BCUT2D eigenvalue weighted by Crippen LogP contribution is 2.35. The molecule has 1 N–H and O–H groups in total. The molecule has 0 unspecified atom stereocenters. The Labute approximate surface area is 126 Å². The van der Waals surface area contributed by atoms with E-state index in [1.54, 1.807) is 12.1 Å². The third-order valence-electron chi connectivity index (χ3n) is 3.67. The molecule has 0 radical (unpaired) electrons. The molecule has 1 aromatic heterocycles. The molecule has 1 aliphatic carbocycles. The molecule has 0 saturated heterocycles. The van der Waals surface area contributed by atoms with Gasteiger partial charge in [0.2, 0.25) is 0 Å². The molecule has 2 aromatic rings. The van der Waals surface area contributed by atoms with Gasteiger partial charge < -0.3 is 10.1 Å². The lowest BCUT2D eigenvalue weighted by atomic mass is 9.89. The number of hydrogen-bond acceptors (Lipinski definition) is 6. The fourth-order valence-corrected chi connectivity index (χ4v) is 3.46. The number of nitrogens with one attached hydrogen (secondary N) is 1. The van der Waals surface area contributed by atoms with E-state index >= 15 is 0 Å². The number of nitrogens with zero attached hydrogens (tertiary/aromatic N) is 2. The van der Waals surface area contributed by atoms with Gasteiger partial charge in [-0.2, -0.15) is 0 Å². The first-order valence-corrected chi connectivity index (χ1v) is 7.82. The fraction of sp³-hybridized carbons (Fsp3) is 0.500. The van der Waals surface area contributed by atoms with Crippen LogP contribution in [-0.4, -0.2) is 28.7 Å². The second-order valence-electron chi connectivity index (χ2n) is 5.22. The van der Waals surface area contributed by atoms with Gasteiger partial charge in [-0.15, -0.1) is 11.3 Å². The van der Waals surface area contributed by atoms with Gasteiger partial charge in [0.1, 0.15) is 5.69 Å². The predicted molar refractivity (Wildman–Crippen MR) is 83.1 cm³/mol. The summed E-state index contributed by atoms with van der Waals surface area (Å²) in [6.07, 6.45) is 2.05.